The normalized spacial score (nSPS) is 14.3. The van der Waals surface area contributed by atoms with Gasteiger partial charge in [0.25, 0.3) is 5.91 Å². The van der Waals surface area contributed by atoms with Gasteiger partial charge in [0, 0.05) is 47.9 Å². The number of carboxylic acids is 1. The maximum absolute atomic E-state index is 13.4. The van der Waals surface area contributed by atoms with Crippen LogP contribution in [-0.4, -0.2) is 56.9 Å². The highest BCUT2D eigenvalue weighted by Gasteiger charge is 2.39. The molecule has 8 nitrogen and oxygen atoms in total. The smallest absolute Gasteiger partial charge is 0.310 e. The van der Waals surface area contributed by atoms with E-state index in [2.05, 4.69) is 67.2 Å². The number of nitrogens with one attached hydrogen (secondary N) is 1. The number of carboxylic acid groups (broad SMARTS) is 1. The van der Waals surface area contributed by atoms with Crippen molar-refractivity contribution in [2.45, 2.75) is 52.0 Å². The van der Waals surface area contributed by atoms with Crippen molar-refractivity contribution in [3.8, 4) is 11.4 Å². The number of carbonyl (C=O) groups is 3. The second-order valence-electron chi connectivity index (χ2n) is 12.4. The van der Waals surface area contributed by atoms with Gasteiger partial charge in [0.15, 0.2) is 5.82 Å². The lowest BCUT2D eigenvalue weighted by Crippen LogP contribution is -2.59. The summed E-state index contributed by atoms with van der Waals surface area (Å²) in [6.45, 7) is 8.67. The summed E-state index contributed by atoms with van der Waals surface area (Å²) in [4.78, 5) is 50.1. The molecule has 0 spiro atoms. The van der Waals surface area contributed by atoms with E-state index >= 15 is 0 Å². The van der Waals surface area contributed by atoms with E-state index in [0.29, 0.717) is 10.7 Å². The van der Waals surface area contributed by atoms with Crippen LogP contribution in [0.1, 0.15) is 64.5 Å². The lowest BCUT2D eigenvalue weighted by atomic mass is 9.95. The Kier molecular flexibility index (Phi) is 9.58. The highest BCUT2D eigenvalue weighted by molar-refractivity contribution is 7.14. The molecule has 3 heterocycles. The number of likely N-dealkylation sites (tertiary alicyclic amines) is 1. The fourth-order valence-corrected chi connectivity index (χ4v) is 5.95. The van der Waals surface area contributed by atoms with Gasteiger partial charge in [0.2, 0.25) is 5.91 Å². The average Bonchev–Trinajstić information content (AvgIpc) is 3.51. The molecule has 2 N–H and O–H groups in total. The molecule has 0 saturated carbocycles. The highest BCUT2D eigenvalue weighted by atomic mass is 32.1. The lowest BCUT2D eigenvalue weighted by Gasteiger charge is -2.38. The summed E-state index contributed by atoms with van der Waals surface area (Å²) >= 11 is 1.41. The zero-order chi connectivity index (χ0) is 32.1. The van der Waals surface area contributed by atoms with Gasteiger partial charge in [0.05, 0.1) is 10.8 Å². The van der Waals surface area contributed by atoms with Crippen molar-refractivity contribution >= 4 is 41.3 Å². The Labute approximate surface area is 267 Å². The SMILES string of the molecule is CCc1ccc(/C=C/c2cnc(-c3ccc(CC(NC(=O)c4ccc(C(C)(C)C)s4)C(=O)N4CC(C(=O)O)C4)cc3)nc2)cc1. The molecular weight excluding hydrogens is 584 g/mol. The minimum absolute atomic E-state index is 0.0918. The first-order valence-electron chi connectivity index (χ1n) is 15.1. The Morgan fingerprint density at radius 3 is 2.13 bits per heavy atom. The summed E-state index contributed by atoms with van der Waals surface area (Å²) in [5, 5.41) is 12.2. The predicted molar refractivity (Wildman–Crippen MR) is 178 cm³/mol. The molecule has 2 aromatic carbocycles. The maximum atomic E-state index is 13.4. The van der Waals surface area contributed by atoms with Crippen molar-refractivity contribution in [2.75, 3.05) is 13.1 Å². The molecular formula is C36H38N4O4S. The third kappa shape index (κ3) is 7.91. The lowest BCUT2D eigenvalue weighted by molar-refractivity contribution is -0.153. The molecule has 2 amide bonds. The summed E-state index contributed by atoms with van der Waals surface area (Å²) in [7, 11) is 0. The van der Waals surface area contributed by atoms with E-state index in [-0.39, 0.29) is 36.7 Å². The van der Waals surface area contributed by atoms with Crippen molar-refractivity contribution in [1.82, 2.24) is 20.2 Å². The van der Waals surface area contributed by atoms with Gasteiger partial charge in [0.1, 0.15) is 6.04 Å². The van der Waals surface area contributed by atoms with Crippen LogP contribution in [0, 0.1) is 5.92 Å². The van der Waals surface area contributed by atoms with E-state index in [0.717, 1.165) is 33.6 Å². The summed E-state index contributed by atoms with van der Waals surface area (Å²) in [5.41, 5.74) is 4.89. The minimum Gasteiger partial charge on any atom is -0.481 e. The number of carbonyl (C=O) groups excluding carboxylic acids is 2. The summed E-state index contributed by atoms with van der Waals surface area (Å²) < 4.78 is 0. The molecule has 1 aliphatic heterocycles. The molecule has 9 heteroatoms. The molecule has 1 aliphatic rings. The first-order valence-corrected chi connectivity index (χ1v) is 15.9. The fourth-order valence-electron chi connectivity index (χ4n) is 4.98. The number of thiophene rings is 1. The molecule has 232 valence electrons. The van der Waals surface area contributed by atoms with Crippen LogP contribution in [0.15, 0.2) is 73.1 Å². The highest BCUT2D eigenvalue weighted by Crippen LogP contribution is 2.29. The van der Waals surface area contributed by atoms with Crippen LogP contribution in [-0.2, 0) is 27.8 Å². The quantitative estimate of drug-likeness (QED) is 0.220. The third-order valence-corrected chi connectivity index (χ3v) is 9.40. The van der Waals surface area contributed by atoms with Crippen LogP contribution >= 0.6 is 11.3 Å². The van der Waals surface area contributed by atoms with E-state index in [1.54, 1.807) is 18.5 Å². The molecule has 4 aromatic rings. The van der Waals surface area contributed by atoms with Crippen LogP contribution < -0.4 is 5.32 Å². The van der Waals surface area contributed by atoms with Gasteiger partial charge in [-0.1, -0.05) is 88.4 Å². The second-order valence-corrected chi connectivity index (χ2v) is 13.5. The third-order valence-electron chi connectivity index (χ3n) is 7.89. The topological polar surface area (TPSA) is 112 Å². The zero-order valence-electron chi connectivity index (χ0n) is 26.0. The summed E-state index contributed by atoms with van der Waals surface area (Å²) in [6, 6.07) is 18.9. The van der Waals surface area contributed by atoms with Gasteiger partial charge in [-0.05, 0) is 40.7 Å². The molecule has 0 aliphatic carbocycles. The molecule has 1 atom stereocenters. The number of aliphatic carboxylic acids is 1. The molecule has 0 radical (unpaired) electrons. The maximum Gasteiger partial charge on any atom is 0.310 e. The van der Waals surface area contributed by atoms with E-state index in [1.807, 2.05) is 42.5 Å². The van der Waals surface area contributed by atoms with Crippen LogP contribution in [0.5, 0.6) is 0 Å². The van der Waals surface area contributed by atoms with Crippen molar-refractivity contribution < 1.29 is 19.5 Å². The Hall–Kier alpha value is -4.63. The second kappa shape index (κ2) is 13.6. The first kappa shape index (κ1) is 31.8. The van der Waals surface area contributed by atoms with Gasteiger partial charge in [-0.25, -0.2) is 9.97 Å². The van der Waals surface area contributed by atoms with Crippen LogP contribution in [0.3, 0.4) is 0 Å². The predicted octanol–water partition coefficient (Wildman–Crippen LogP) is 6.12. The molecule has 1 fully saturated rings. The van der Waals surface area contributed by atoms with E-state index in [4.69, 9.17) is 0 Å². The molecule has 1 saturated heterocycles. The standard InChI is InChI=1S/C36H38N4O4S/c1-5-23-6-8-24(9-7-23)10-11-26-19-37-32(38-20-26)27-14-12-25(13-15-27)18-29(34(42)40-21-28(22-40)35(43)44)39-33(41)30-16-17-31(45-30)36(2,3)4/h6-17,19-20,28-29H,5,18,21-22H2,1-4H3,(H,39,41)(H,43,44)/b11-10+. The molecule has 1 unspecified atom stereocenters. The number of rotatable bonds is 10. The Morgan fingerprint density at radius 2 is 1.56 bits per heavy atom. The average molecular weight is 623 g/mol. The zero-order valence-corrected chi connectivity index (χ0v) is 26.8. The minimum atomic E-state index is -0.920. The van der Waals surface area contributed by atoms with Crippen molar-refractivity contribution in [3.05, 3.63) is 105 Å². The molecule has 45 heavy (non-hydrogen) atoms. The Bertz CT molecular complexity index is 1680. The van der Waals surface area contributed by atoms with Crippen LogP contribution in [0.25, 0.3) is 23.5 Å². The number of aromatic nitrogens is 2. The summed E-state index contributed by atoms with van der Waals surface area (Å²) in [6.07, 6.45) is 8.86. The fraction of sp³-hybridized carbons (Fsp3) is 0.306. The van der Waals surface area contributed by atoms with Gasteiger partial charge < -0.3 is 15.3 Å². The van der Waals surface area contributed by atoms with Crippen molar-refractivity contribution in [3.63, 3.8) is 0 Å². The number of nitrogens with zero attached hydrogens (tertiary/aromatic N) is 3. The molecule has 2 aromatic heterocycles. The van der Waals surface area contributed by atoms with E-state index < -0.39 is 17.9 Å². The van der Waals surface area contributed by atoms with Gasteiger partial charge in [-0.2, -0.15) is 0 Å². The Balaban J connectivity index is 1.26. The van der Waals surface area contributed by atoms with Crippen LogP contribution in [0.4, 0.5) is 0 Å². The number of amides is 2. The van der Waals surface area contributed by atoms with Gasteiger partial charge in [-0.3, -0.25) is 14.4 Å². The summed E-state index contributed by atoms with van der Waals surface area (Å²) in [5.74, 6) is -1.52. The number of benzene rings is 2. The number of hydrogen-bond acceptors (Lipinski definition) is 6. The van der Waals surface area contributed by atoms with Gasteiger partial charge in [-0.15, -0.1) is 11.3 Å². The number of hydrogen-bond donors (Lipinski definition) is 2. The van der Waals surface area contributed by atoms with Crippen molar-refractivity contribution in [1.29, 1.82) is 0 Å². The largest absolute Gasteiger partial charge is 0.481 e. The Morgan fingerprint density at radius 1 is 0.933 bits per heavy atom. The van der Waals surface area contributed by atoms with E-state index in [1.165, 1.54) is 21.8 Å². The van der Waals surface area contributed by atoms with E-state index in [9.17, 15) is 19.5 Å². The molecule has 0 bridgehead atoms. The van der Waals surface area contributed by atoms with Crippen LogP contribution in [0.2, 0.25) is 0 Å². The monoisotopic (exact) mass is 622 g/mol. The van der Waals surface area contributed by atoms with Crippen molar-refractivity contribution in [2.24, 2.45) is 5.92 Å². The number of aryl methyl sites for hydroxylation is 1. The van der Waals surface area contributed by atoms with Gasteiger partial charge >= 0.3 is 5.97 Å². The molecule has 5 rings (SSSR count). The first-order chi connectivity index (χ1) is 21.5.